The van der Waals surface area contributed by atoms with Crippen molar-refractivity contribution < 1.29 is 24.2 Å². The van der Waals surface area contributed by atoms with Crippen LogP contribution in [0, 0.1) is 0 Å². The molecule has 5 nitrogen and oxygen atoms in total. The summed E-state index contributed by atoms with van der Waals surface area (Å²) in [5.41, 5.74) is 0. The highest BCUT2D eigenvalue weighted by Gasteiger charge is 2.15. The van der Waals surface area contributed by atoms with Crippen LogP contribution in [0.25, 0.3) is 0 Å². The van der Waals surface area contributed by atoms with Gasteiger partial charge in [-0.25, -0.2) is 0 Å². The number of hydrogen-bond acceptors (Lipinski definition) is 5. The highest BCUT2D eigenvalue weighted by molar-refractivity contribution is 5.70. The summed E-state index contributed by atoms with van der Waals surface area (Å²) in [5, 5.41) is 9.54. The quantitative estimate of drug-likeness (QED) is 0.0429. The Morgan fingerprint density at radius 1 is 0.479 bits per heavy atom. The molecule has 0 saturated carbocycles. The smallest absolute Gasteiger partial charge is 0.306 e. The predicted molar refractivity (Wildman–Crippen MR) is 205 cm³/mol. The average Bonchev–Trinajstić information content (AvgIpc) is 3.09. The van der Waals surface area contributed by atoms with Crippen molar-refractivity contribution >= 4 is 11.9 Å². The van der Waals surface area contributed by atoms with E-state index in [4.69, 9.17) is 9.47 Å². The zero-order valence-corrected chi connectivity index (χ0v) is 30.7. The largest absolute Gasteiger partial charge is 0.462 e. The van der Waals surface area contributed by atoms with Crippen LogP contribution in [0.4, 0.5) is 0 Å². The van der Waals surface area contributed by atoms with E-state index < -0.39 is 6.10 Å². The number of aliphatic hydroxyl groups excluding tert-OH is 1. The molecule has 1 N–H and O–H groups in total. The van der Waals surface area contributed by atoms with Gasteiger partial charge < -0.3 is 14.6 Å². The number of esters is 2. The summed E-state index contributed by atoms with van der Waals surface area (Å²) >= 11 is 0. The van der Waals surface area contributed by atoms with Gasteiger partial charge in [0, 0.05) is 12.8 Å². The molecule has 0 fully saturated rings. The van der Waals surface area contributed by atoms with E-state index in [1.807, 2.05) is 0 Å². The van der Waals surface area contributed by atoms with Crippen molar-refractivity contribution in [2.75, 3.05) is 13.2 Å². The second-order valence-corrected chi connectivity index (χ2v) is 12.3. The molecule has 0 spiro atoms. The SMILES string of the molecule is CCCCC/C=C/C/C=C/C/C=C/C/C=C/CCCC(=O)OC[C@H](CO)OC(=O)CCCCCC/C=C/C/C=C/C/C=C/CCCCC. The van der Waals surface area contributed by atoms with Crippen LogP contribution in [0.2, 0.25) is 0 Å². The molecular weight excluding hydrogens is 596 g/mol. The number of allylic oxidation sites excluding steroid dienone is 14. The lowest BCUT2D eigenvalue weighted by molar-refractivity contribution is -0.161. The van der Waals surface area contributed by atoms with Crippen molar-refractivity contribution in [3.63, 3.8) is 0 Å². The van der Waals surface area contributed by atoms with E-state index in [9.17, 15) is 14.7 Å². The summed E-state index contributed by atoms with van der Waals surface area (Å²) in [4.78, 5) is 24.2. The second kappa shape index (κ2) is 38.5. The zero-order valence-electron chi connectivity index (χ0n) is 30.7. The van der Waals surface area contributed by atoms with E-state index in [2.05, 4.69) is 98.9 Å². The van der Waals surface area contributed by atoms with Crippen LogP contribution in [0.1, 0.15) is 155 Å². The molecule has 272 valence electrons. The third-order valence-corrected chi connectivity index (χ3v) is 7.66. The number of unbranched alkanes of at least 4 members (excludes halogenated alkanes) is 11. The molecule has 0 aromatic carbocycles. The van der Waals surface area contributed by atoms with Gasteiger partial charge in [-0.05, 0) is 89.9 Å². The van der Waals surface area contributed by atoms with Crippen LogP contribution in [0.5, 0.6) is 0 Å². The van der Waals surface area contributed by atoms with Crippen LogP contribution in [-0.4, -0.2) is 36.4 Å². The first kappa shape index (κ1) is 45.1. The van der Waals surface area contributed by atoms with E-state index in [0.717, 1.165) is 70.6 Å². The molecule has 0 aliphatic carbocycles. The van der Waals surface area contributed by atoms with Gasteiger partial charge in [0.15, 0.2) is 6.10 Å². The summed E-state index contributed by atoms with van der Waals surface area (Å²) in [7, 11) is 0. The van der Waals surface area contributed by atoms with Crippen LogP contribution >= 0.6 is 0 Å². The monoisotopic (exact) mass is 667 g/mol. The molecule has 0 bridgehead atoms. The summed E-state index contributed by atoms with van der Waals surface area (Å²) in [6, 6.07) is 0. The Bertz CT molecular complexity index is 937. The van der Waals surface area contributed by atoms with Crippen molar-refractivity contribution in [1.29, 1.82) is 0 Å². The highest BCUT2D eigenvalue weighted by atomic mass is 16.6. The summed E-state index contributed by atoms with van der Waals surface area (Å²) in [6.07, 6.45) is 52.1. The molecule has 5 heteroatoms. The van der Waals surface area contributed by atoms with Crippen LogP contribution in [0.15, 0.2) is 85.1 Å². The van der Waals surface area contributed by atoms with E-state index in [0.29, 0.717) is 19.3 Å². The maximum Gasteiger partial charge on any atom is 0.306 e. The van der Waals surface area contributed by atoms with Crippen molar-refractivity contribution in [3.05, 3.63) is 85.1 Å². The number of carbonyl (C=O) groups excluding carboxylic acids is 2. The minimum atomic E-state index is -0.809. The lowest BCUT2D eigenvalue weighted by atomic mass is 10.1. The number of aliphatic hydroxyl groups is 1. The van der Waals surface area contributed by atoms with Gasteiger partial charge in [-0.2, -0.15) is 0 Å². The first-order valence-electron chi connectivity index (χ1n) is 19.1. The normalized spacial score (nSPS) is 13.1. The fourth-order valence-corrected chi connectivity index (χ4v) is 4.73. The van der Waals surface area contributed by atoms with Gasteiger partial charge in [0.1, 0.15) is 6.61 Å². The number of hydrogen-bond donors (Lipinski definition) is 1. The molecule has 0 heterocycles. The van der Waals surface area contributed by atoms with E-state index in [-0.39, 0.29) is 25.2 Å². The number of rotatable bonds is 33. The van der Waals surface area contributed by atoms with Gasteiger partial charge in [-0.3, -0.25) is 9.59 Å². The minimum absolute atomic E-state index is 0.108. The van der Waals surface area contributed by atoms with Gasteiger partial charge in [0.25, 0.3) is 0 Å². The van der Waals surface area contributed by atoms with Crippen molar-refractivity contribution in [3.8, 4) is 0 Å². The van der Waals surface area contributed by atoms with Gasteiger partial charge >= 0.3 is 11.9 Å². The fourth-order valence-electron chi connectivity index (χ4n) is 4.73. The highest BCUT2D eigenvalue weighted by Crippen LogP contribution is 2.09. The van der Waals surface area contributed by atoms with Crippen molar-refractivity contribution in [2.45, 2.75) is 161 Å². The van der Waals surface area contributed by atoms with E-state index in [1.54, 1.807) is 0 Å². The Morgan fingerprint density at radius 3 is 1.29 bits per heavy atom. The lowest BCUT2D eigenvalue weighted by Gasteiger charge is -2.15. The topological polar surface area (TPSA) is 72.8 Å². The molecule has 0 aliphatic rings. The zero-order chi connectivity index (χ0) is 35.0. The van der Waals surface area contributed by atoms with Gasteiger partial charge in [-0.15, -0.1) is 0 Å². The number of ether oxygens (including phenoxy) is 2. The molecular formula is C43H70O5. The molecule has 0 aromatic heterocycles. The minimum Gasteiger partial charge on any atom is -0.462 e. The molecule has 0 rings (SSSR count). The van der Waals surface area contributed by atoms with Crippen molar-refractivity contribution in [1.82, 2.24) is 0 Å². The average molecular weight is 667 g/mol. The van der Waals surface area contributed by atoms with Gasteiger partial charge in [-0.1, -0.05) is 137 Å². The molecule has 0 unspecified atom stereocenters. The molecule has 0 radical (unpaired) electrons. The molecule has 0 aromatic rings. The molecule has 0 amide bonds. The Kier molecular flexibility index (Phi) is 36.2. The van der Waals surface area contributed by atoms with Gasteiger partial charge in [0.05, 0.1) is 6.61 Å². The first-order chi connectivity index (χ1) is 23.6. The lowest BCUT2D eigenvalue weighted by Crippen LogP contribution is -2.28. The number of carbonyl (C=O) groups is 2. The molecule has 48 heavy (non-hydrogen) atoms. The third-order valence-electron chi connectivity index (χ3n) is 7.66. The fraction of sp³-hybridized carbons (Fsp3) is 0.628. The Morgan fingerprint density at radius 2 is 0.854 bits per heavy atom. The standard InChI is InChI=1S/C43H70O5/c1-3-5-7-9-11-13-15-17-19-21-23-25-27-29-31-33-35-37-42(45)47-40-41(39-44)48-43(46)38-36-34-32-30-28-26-24-22-20-18-16-14-12-10-8-6-4-2/h11-14,17-20,23-26,29,31,41,44H,3-10,15-16,21-22,27-28,30,32-40H2,1-2H3/b13-11+,14-12+,19-17+,20-18+,25-23+,26-24+,31-29+/t41-/m0/s1. The van der Waals surface area contributed by atoms with Gasteiger partial charge in [0.2, 0.25) is 0 Å². The summed E-state index contributed by atoms with van der Waals surface area (Å²) in [6.45, 7) is 3.99. The summed E-state index contributed by atoms with van der Waals surface area (Å²) < 4.78 is 10.5. The Hall–Kier alpha value is -2.92. The maximum atomic E-state index is 12.1. The molecule has 0 aliphatic heterocycles. The van der Waals surface area contributed by atoms with E-state index in [1.165, 1.54) is 51.4 Å². The Labute approximate surface area is 295 Å². The predicted octanol–water partition coefficient (Wildman–Crippen LogP) is 11.9. The van der Waals surface area contributed by atoms with Crippen LogP contribution in [-0.2, 0) is 19.1 Å². The first-order valence-corrected chi connectivity index (χ1v) is 19.1. The van der Waals surface area contributed by atoms with Crippen LogP contribution < -0.4 is 0 Å². The molecule has 1 atom stereocenters. The summed E-state index contributed by atoms with van der Waals surface area (Å²) in [5.74, 6) is -0.691. The third kappa shape index (κ3) is 35.9. The van der Waals surface area contributed by atoms with E-state index >= 15 is 0 Å². The Balaban J connectivity index is 3.74. The second-order valence-electron chi connectivity index (χ2n) is 12.3. The van der Waals surface area contributed by atoms with Crippen LogP contribution in [0.3, 0.4) is 0 Å². The van der Waals surface area contributed by atoms with Crippen molar-refractivity contribution in [2.24, 2.45) is 0 Å². The maximum absolute atomic E-state index is 12.1. The molecule has 0 saturated heterocycles.